The number of benzene rings is 2. The van der Waals surface area contributed by atoms with Gasteiger partial charge >= 0.3 is 0 Å². The maximum absolute atomic E-state index is 3.25. The van der Waals surface area contributed by atoms with Gasteiger partial charge in [0.15, 0.2) is 0 Å². The van der Waals surface area contributed by atoms with E-state index in [1.165, 1.54) is 16.3 Å². The minimum atomic E-state index is 0. The molecule has 2 rings (SSSR count). The van der Waals surface area contributed by atoms with Crippen LogP contribution < -0.4 is 0 Å². The number of rotatable bonds is 1. The molecule has 0 N–H and O–H groups in total. The van der Waals surface area contributed by atoms with Gasteiger partial charge in [-0.2, -0.15) is 0 Å². The van der Waals surface area contributed by atoms with Gasteiger partial charge in [-0.3, -0.25) is 0 Å². The molecular formula is C13H13Rf-. The van der Waals surface area contributed by atoms with Crippen LogP contribution in [0.2, 0.25) is 0 Å². The Morgan fingerprint density at radius 1 is 1.07 bits per heavy atom. The van der Waals surface area contributed by atoms with Gasteiger partial charge in [0.1, 0.15) is 0 Å². The average molecular weight is 436 g/mol. The quantitative estimate of drug-likeness (QED) is 0.598. The topological polar surface area (TPSA) is 0 Å². The van der Waals surface area contributed by atoms with E-state index in [0.29, 0.717) is 5.92 Å². The Bertz CT molecular complexity index is 413. The van der Waals surface area contributed by atoms with Gasteiger partial charge in [-0.1, -0.05) is 26.0 Å². The first-order valence-corrected chi connectivity index (χ1v) is 4.68. The van der Waals surface area contributed by atoms with Crippen molar-refractivity contribution in [2.45, 2.75) is 19.8 Å². The van der Waals surface area contributed by atoms with Crippen molar-refractivity contribution in [3.63, 3.8) is 0 Å². The first-order chi connectivity index (χ1) is 6.29. The third-order valence-corrected chi connectivity index (χ3v) is 2.36. The van der Waals surface area contributed by atoms with E-state index in [0.717, 1.165) is 0 Å². The summed E-state index contributed by atoms with van der Waals surface area (Å²) >= 11 is 0. The number of hydrogen-bond acceptors (Lipinski definition) is 0. The van der Waals surface area contributed by atoms with Crippen LogP contribution in [0.25, 0.3) is 10.8 Å². The van der Waals surface area contributed by atoms with Gasteiger partial charge in [0.05, 0.1) is 0 Å². The molecule has 0 aliphatic heterocycles. The zero-order chi connectivity index (χ0) is 9.26. The van der Waals surface area contributed by atoms with Gasteiger partial charge in [0.2, 0.25) is 0 Å². The first kappa shape index (κ1) is 9.79. The predicted molar refractivity (Wildman–Crippen MR) is 56.9 cm³/mol. The first-order valence-electron chi connectivity index (χ1n) is 4.68. The SMILES string of the molecule is CC(C)c1cc[c-]c2ccccc12.[Rf]. The summed E-state index contributed by atoms with van der Waals surface area (Å²) in [6, 6.07) is 15.8. The van der Waals surface area contributed by atoms with Crippen molar-refractivity contribution < 1.29 is 0 Å². The molecule has 0 fully saturated rings. The zero-order valence-electron chi connectivity index (χ0n) is 8.75. The van der Waals surface area contributed by atoms with Crippen molar-refractivity contribution >= 4 is 10.8 Å². The molecule has 0 unspecified atom stereocenters. The van der Waals surface area contributed by atoms with E-state index < -0.39 is 0 Å². The van der Waals surface area contributed by atoms with Crippen LogP contribution in [0.4, 0.5) is 0 Å². The van der Waals surface area contributed by atoms with Crippen molar-refractivity contribution in [3.8, 4) is 0 Å². The maximum Gasteiger partial charge on any atom is 0 e. The second-order valence-electron chi connectivity index (χ2n) is 3.63. The summed E-state index contributed by atoms with van der Waals surface area (Å²) in [4.78, 5) is 0. The fourth-order valence-electron chi connectivity index (χ4n) is 1.68. The van der Waals surface area contributed by atoms with Crippen LogP contribution in [0.15, 0.2) is 36.4 Å². The third-order valence-electron chi connectivity index (χ3n) is 2.36. The van der Waals surface area contributed by atoms with Crippen LogP contribution in [-0.2, 0) is 0 Å². The molecular weight excluding hydrogens is 423 g/mol. The van der Waals surface area contributed by atoms with E-state index >= 15 is 0 Å². The average Bonchev–Trinajstić information content (AvgIpc) is 2.17. The molecule has 0 atom stereocenters. The van der Waals surface area contributed by atoms with Gasteiger partial charge in [-0.25, -0.2) is 0 Å². The van der Waals surface area contributed by atoms with Crippen LogP contribution in [0.5, 0.6) is 0 Å². The molecule has 0 heterocycles. The molecule has 68 valence electrons. The minimum Gasteiger partial charge on any atom is -0.146 e. The number of hydrogen-bond donors (Lipinski definition) is 0. The molecule has 0 saturated carbocycles. The minimum absolute atomic E-state index is 0. The molecule has 0 aliphatic carbocycles. The maximum atomic E-state index is 3.25. The molecule has 0 saturated heterocycles. The molecule has 0 bridgehead atoms. The Hall–Kier alpha value is -2.30. The Kier molecular flexibility index (Phi) is 2.52. The Labute approximate surface area is 79.2 Å². The smallest absolute Gasteiger partial charge is 0 e. The molecule has 0 spiro atoms. The van der Waals surface area contributed by atoms with Crippen molar-refractivity contribution in [1.29, 1.82) is 0 Å². The van der Waals surface area contributed by atoms with E-state index in [9.17, 15) is 0 Å². The van der Waals surface area contributed by atoms with Gasteiger partial charge in [0.25, 0.3) is 0 Å². The molecule has 1 heteroatoms. The van der Waals surface area contributed by atoms with Gasteiger partial charge in [-0.15, -0.1) is 46.7 Å². The molecule has 0 radical (unpaired) electrons. The normalized spacial score (nSPS) is 10.2. The summed E-state index contributed by atoms with van der Waals surface area (Å²) in [6.45, 7) is 4.45. The van der Waals surface area contributed by atoms with E-state index in [1.807, 2.05) is 6.07 Å². The van der Waals surface area contributed by atoms with Crippen LogP contribution in [0.1, 0.15) is 25.3 Å². The molecule has 0 amide bonds. The zero-order valence-corrected chi connectivity index (χ0v) is 15.1. The second-order valence-corrected chi connectivity index (χ2v) is 3.63. The summed E-state index contributed by atoms with van der Waals surface area (Å²) in [5.74, 6) is 0.583. The largest absolute Gasteiger partial charge is 0.146 e. The van der Waals surface area contributed by atoms with Crippen LogP contribution in [0, 0.1) is 6.07 Å². The summed E-state index contributed by atoms with van der Waals surface area (Å²) in [5, 5.41) is 2.55. The Balaban J connectivity index is 0.000000980. The van der Waals surface area contributed by atoms with E-state index in [-0.39, 0.29) is 0 Å². The molecule has 2 aromatic rings. The molecule has 0 aromatic heterocycles. The van der Waals surface area contributed by atoms with Gasteiger partial charge in [-0.05, 0) is 5.92 Å². The summed E-state index contributed by atoms with van der Waals surface area (Å²) in [6.07, 6.45) is 0. The number of fused-ring (bicyclic) bond motifs is 1. The van der Waals surface area contributed by atoms with Crippen molar-refractivity contribution in [3.05, 3.63) is 48.0 Å². The Morgan fingerprint density at radius 2 is 1.79 bits per heavy atom. The third kappa shape index (κ3) is 1.42. The fraction of sp³-hybridized carbons (Fsp3) is 0.231. The van der Waals surface area contributed by atoms with Crippen molar-refractivity contribution in [2.75, 3.05) is 0 Å². The summed E-state index contributed by atoms with van der Waals surface area (Å²) in [5.41, 5.74) is 1.41. The Morgan fingerprint density at radius 3 is 2.50 bits per heavy atom. The summed E-state index contributed by atoms with van der Waals surface area (Å²) < 4.78 is 0. The van der Waals surface area contributed by atoms with Crippen LogP contribution >= 0.6 is 0 Å². The molecule has 14 heavy (non-hydrogen) atoms. The molecule has 0 aliphatic rings. The van der Waals surface area contributed by atoms with E-state index in [1.54, 1.807) is 0 Å². The van der Waals surface area contributed by atoms with Crippen molar-refractivity contribution in [2.24, 2.45) is 0 Å². The molecule has 0 nitrogen and oxygen atoms in total. The second kappa shape index (κ2) is 3.61. The summed E-state index contributed by atoms with van der Waals surface area (Å²) in [7, 11) is 0. The van der Waals surface area contributed by atoms with Gasteiger partial charge in [0, 0.05) is 0 Å². The van der Waals surface area contributed by atoms with Crippen LogP contribution in [0.3, 0.4) is 0 Å². The van der Waals surface area contributed by atoms with E-state index in [4.69, 9.17) is 0 Å². The van der Waals surface area contributed by atoms with Crippen LogP contribution in [-0.4, -0.2) is 0 Å². The standard InChI is InChI=1S/C13H13.Rf/c1-10(2)12-9-5-7-11-6-3-4-8-13(11)12;/h3-6,8-10H,1-2H3;/q-1;. The fourth-order valence-corrected chi connectivity index (χ4v) is 1.68. The van der Waals surface area contributed by atoms with Crippen molar-refractivity contribution in [1.82, 2.24) is 0 Å². The van der Waals surface area contributed by atoms with Gasteiger partial charge < -0.3 is 0 Å². The molecule has 2 aromatic carbocycles. The predicted octanol–water partition coefficient (Wildman–Crippen LogP) is 3.76. The monoisotopic (exact) mass is 436 g/mol. The van der Waals surface area contributed by atoms with E-state index in [2.05, 4.69) is 50.2 Å².